The lowest BCUT2D eigenvalue weighted by Crippen LogP contribution is -2.32. The molecule has 82 valence electrons. The minimum absolute atomic E-state index is 0.0284. The molecule has 2 rings (SSSR count). The van der Waals surface area contributed by atoms with E-state index in [2.05, 4.69) is 15.9 Å². The molecule has 1 aliphatic rings. The number of hydrogen-bond acceptors (Lipinski definition) is 4. The molecule has 0 N–H and O–H groups in total. The molecule has 7 heteroatoms. The molecule has 0 bridgehead atoms. The third kappa shape index (κ3) is 1.93. The summed E-state index contributed by atoms with van der Waals surface area (Å²) in [6.45, 7) is 0.236. The van der Waals surface area contributed by atoms with Crippen LogP contribution >= 0.6 is 15.9 Å². The largest absolute Gasteiger partial charge is 0.444 e. The van der Waals surface area contributed by atoms with Gasteiger partial charge in [0.15, 0.2) is 10.4 Å². The Balaban J connectivity index is 2.29. The Morgan fingerprint density at radius 1 is 1.47 bits per heavy atom. The van der Waals surface area contributed by atoms with E-state index in [1.165, 1.54) is 6.07 Å². The van der Waals surface area contributed by atoms with E-state index in [1.54, 1.807) is 6.07 Å². The van der Waals surface area contributed by atoms with Gasteiger partial charge in [-0.25, -0.2) is 12.7 Å². The van der Waals surface area contributed by atoms with Gasteiger partial charge in [-0.1, -0.05) is 0 Å². The fourth-order valence-electron chi connectivity index (χ4n) is 1.42. The second-order valence-corrected chi connectivity index (χ2v) is 5.95. The molecule has 1 aromatic rings. The van der Waals surface area contributed by atoms with Crippen molar-refractivity contribution < 1.29 is 17.6 Å². The molecule has 0 aliphatic carbocycles. The summed E-state index contributed by atoms with van der Waals surface area (Å²) in [4.78, 5) is 11.7. The van der Waals surface area contributed by atoms with E-state index in [9.17, 15) is 13.2 Å². The van der Waals surface area contributed by atoms with E-state index < -0.39 is 15.9 Å². The maximum absolute atomic E-state index is 11.7. The number of nitrogens with zero attached hydrogens (tertiary/aromatic N) is 1. The third-order valence-electron chi connectivity index (χ3n) is 2.11. The van der Waals surface area contributed by atoms with Crippen LogP contribution in [0.4, 0.5) is 0 Å². The van der Waals surface area contributed by atoms with Crippen LogP contribution in [0.3, 0.4) is 0 Å². The highest BCUT2D eigenvalue weighted by atomic mass is 79.9. The minimum atomic E-state index is -3.42. The van der Waals surface area contributed by atoms with E-state index in [0.29, 0.717) is 11.1 Å². The molecule has 5 nitrogen and oxygen atoms in total. The Morgan fingerprint density at radius 3 is 2.67 bits per heavy atom. The summed E-state index contributed by atoms with van der Waals surface area (Å²) in [6.07, 6.45) is 0.482. The minimum Gasteiger partial charge on any atom is -0.444 e. The van der Waals surface area contributed by atoms with Gasteiger partial charge in [0.2, 0.25) is 10.0 Å². The molecule has 0 spiro atoms. The number of hydrogen-bond donors (Lipinski definition) is 0. The fraction of sp³-hybridized carbons (Fsp3) is 0.375. The second-order valence-electron chi connectivity index (χ2n) is 3.15. The van der Waals surface area contributed by atoms with Gasteiger partial charge in [0.25, 0.3) is 0 Å². The molecular weight excluding hydrogens is 286 g/mol. The average Bonchev–Trinajstić information content (AvgIpc) is 2.70. The number of carbonyl (C=O) groups is 1. The molecule has 15 heavy (non-hydrogen) atoms. The van der Waals surface area contributed by atoms with Crippen molar-refractivity contribution in [2.45, 2.75) is 6.42 Å². The fourth-order valence-corrected chi connectivity index (χ4v) is 3.19. The van der Waals surface area contributed by atoms with Crippen LogP contribution in [0.15, 0.2) is 21.2 Å². The lowest BCUT2D eigenvalue weighted by atomic mass is 10.4. The third-order valence-corrected chi connectivity index (χ3v) is 4.36. The highest BCUT2D eigenvalue weighted by molar-refractivity contribution is 9.10. The molecule has 2 heterocycles. The first-order valence-electron chi connectivity index (χ1n) is 4.31. The van der Waals surface area contributed by atoms with Crippen LogP contribution in [0.5, 0.6) is 0 Å². The van der Waals surface area contributed by atoms with Crippen LogP contribution in [-0.2, 0) is 10.0 Å². The molecule has 0 unspecified atom stereocenters. The maximum atomic E-state index is 11.7. The summed E-state index contributed by atoms with van der Waals surface area (Å²) in [5.41, 5.74) is 0. The standard InChI is InChI=1S/C8H8BrNO4S/c9-7-3-2-6(14-7)8(11)10-4-1-5-15(10,12)13/h2-3H,1,4-5H2. The Kier molecular flexibility index (Phi) is 2.59. The zero-order chi connectivity index (χ0) is 11.1. The number of furan rings is 1. The number of carbonyl (C=O) groups excluding carboxylic acids is 1. The van der Waals surface area contributed by atoms with Gasteiger partial charge in [0, 0.05) is 6.54 Å². The van der Waals surface area contributed by atoms with Crippen LogP contribution in [0.25, 0.3) is 0 Å². The van der Waals surface area contributed by atoms with Crippen LogP contribution in [0, 0.1) is 0 Å². The first kappa shape index (κ1) is 10.7. The van der Waals surface area contributed by atoms with E-state index in [4.69, 9.17) is 4.42 Å². The SMILES string of the molecule is O=C(c1ccc(Br)o1)N1CCCS1(=O)=O. The highest BCUT2D eigenvalue weighted by Crippen LogP contribution is 2.20. The first-order chi connectivity index (χ1) is 7.00. The topological polar surface area (TPSA) is 67.6 Å². The van der Waals surface area contributed by atoms with E-state index in [0.717, 1.165) is 4.31 Å². The molecule has 1 fully saturated rings. The molecule has 1 saturated heterocycles. The van der Waals surface area contributed by atoms with Gasteiger partial charge in [-0.2, -0.15) is 0 Å². The number of amides is 1. The van der Waals surface area contributed by atoms with Crippen LogP contribution in [0.2, 0.25) is 0 Å². The van der Waals surface area contributed by atoms with Crippen molar-refractivity contribution in [1.29, 1.82) is 0 Å². The normalized spacial score (nSPS) is 19.4. The maximum Gasteiger partial charge on any atom is 0.303 e. The van der Waals surface area contributed by atoms with Crippen molar-refractivity contribution in [1.82, 2.24) is 4.31 Å². The Hall–Kier alpha value is -0.820. The van der Waals surface area contributed by atoms with E-state index in [-0.39, 0.29) is 18.1 Å². The summed E-state index contributed by atoms with van der Waals surface area (Å²) in [5, 5.41) is 0. The predicted octanol–water partition coefficient (Wildman–Crippen LogP) is 1.22. The quantitative estimate of drug-likeness (QED) is 0.781. The van der Waals surface area contributed by atoms with Crippen LogP contribution in [0.1, 0.15) is 17.0 Å². The number of rotatable bonds is 1. The van der Waals surface area contributed by atoms with Crippen LogP contribution in [-0.4, -0.2) is 30.9 Å². The van der Waals surface area contributed by atoms with Crippen molar-refractivity contribution in [2.75, 3.05) is 12.3 Å². The van der Waals surface area contributed by atoms with Crippen molar-refractivity contribution >= 4 is 31.9 Å². The first-order valence-corrected chi connectivity index (χ1v) is 6.71. The van der Waals surface area contributed by atoms with Gasteiger partial charge < -0.3 is 4.42 Å². The Labute approximate surface area is 95.2 Å². The van der Waals surface area contributed by atoms with Gasteiger partial charge in [-0.3, -0.25) is 4.79 Å². The van der Waals surface area contributed by atoms with Crippen molar-refractivity contribution in [3.63, 3.8) is 0 Å². The molecule has 0 aromatic carbocycles. The van der Waals surface area contributed by atoms with Gasteiger partial charge in [0.1, 0.15) is 0 Å². The summed E-state index contributed by atoms with van der Waals surface area (Å²) in [5.74, 6) is -0.536. The molecule has 1 aliphatic heterocycles. The number of halogens is 1. The van der Waals surface area contributed by atoms with Gasteiger partial charge >= 0.3 is 5.91 Å². The number of sulfonamides is 1. The molecule has 0 radical (unpaired) electrons. The summed E-state index contributed by atoms with van der Waals surface area (Å²) >= 11 is 3.05. The van der Waals surface area contributed by atoms with Crippen LogP contribution < -0.4 is 0 Å². The van der Waals surface area contributed by atoms with Crippen molar-refractivity contribution in [3.05, 3.63) is 22.6 Å². The predicted molar refractivity (Wildman–Crippen MR) is 55.8 cm³/mol. The monoisotopic (exact) mass is 293 g/mol. The molecule has 1 amide bonds. The van der Waals surface area contributed by atoms with Gasteiger partial charge in [0.05, 0.1) is 5.75 Å². The lowest BCUT2D eigenvalue weighted by molar-refractivity contribution is 0.0838. The average molecular weight is 294 g/mol. The molecule has 1 aromatic heterocycles. The highest BCUT2D eigenvalue weighted by Gasteiger charge is 2.34. The van der Waals surface area contributed by atoms with Gasteiger partial charge in [-0.15, -0.1) is 0 Å². The lowest BCUT2D eigenvalue weighted by Gasteiger charge is -2.12. The molecule has 0 saturated carbocycles. The second kappa shape index (κ2) is 3.64. The summed E-state index contributed by atoms with van der Waals surface area (Å²) in [6, 6.07) is 3.00. The summed E-state index contributed by atoms with van der Waals surface area (Å²) < 4.78 is 29.1. The molecule has 0 atom stereocenters. The van der Waals surface area contributed by atoms with Gasteiger partial charge in [-0.05, 0) is 34.5 Å². The Bertz CT molecular complexity index is 492. The van der Waals surface area contributed by atoms with E-state index >= 15 is 0 Å². The van der Waals surface area contributed by atoms with Crippen molar-refractivity contribution in [3.8, 4) is 0 Å². The summed E-state index contributed by atoms with van der Waals surface area (Å²) in [7, 11) is -3.42. The Morgan fingerprint density at radius 2 is 2.20 bits per heavy atom. The zero-order valence-electron chi connectivity index (χ0n) is 7.64. The van der Waals surface area contributed by atoms with E-state index in [1.807, 2.05) is 0 Å². The van der Waals surface area contributed by atoms with Crippen molar-refractivity contribution in [2.24, 2.45) is 0 Å². The molecular formula is C8H8BrNO4S. The smallest absolute Gasteiger partial charge is 0.303 e. The zero-order valence-corrected chi connectivity index (χ0v) is 10.0.